The predicted molar refractivity (Wildman–Crippen MR) is 141 cm³/mol. The lowest BCUT2D eigenvalue weighted by atomic mass is 10.2. The Morgan fingerprint density at radius 1 is 0.800 bits per heavy atom. The lowest BCUT2D eigenvalue weighted by Gasteiger charge is -2.10. The smallest absolute Gasteiger partial charge is 0.323 e. The van der Waals surface area contributed by atoms with Gasteiger partial charge < -0.3 is 25.7 Å². The maximum absolute atomic E-state index is 12.4. The summed E-state index contributed by atoms with van der Waals surface area (Å²) in [4.78, 5) is 20.4. The molecule has 0 fully saturated rings. The molecule has 5 aromatic rings. The van der Waals surface area contributed by atoms with Gasteiger partial charge in [-0.25, -0.2) is 9.78 Å². The van der Waals surface area contributed by atoms with Crippen molar-refractivity contribution in [2.45, 2.75) is 6.54 Å². The second-order valence-electron chi connectivity index (χ2n) is 8.04. The first kappa shape index (κ1) is 22.0. The molecule has 7 heteroatoms. The molecule has 0 saturated heterocycles. The minimum absolute atomic E-state index is 0.305. The van der Waals surface area contributed by atoms with E-state index < -0.39 is 0 Å². The first-order valence-corrected chi connectivity index (χ1v) is 11.3. The third-order valence-electron chi connectivity index (χ3n) is 5.60. The topological polar surface area (TPSA) is 91.1 Å². The van der Waals surface area contributed by atoms with Crippen LogP contribution in [0.3, 0.4) is 0 Å². The van der Waals surface area contributed by atoms with Crippen molar-refractivity contribution in [3.8, 4) is 17.1 Å². The van der Waals surface area contributed by atoms with Crippen molar-refractivity contribution >= 4 is 34.1 Å². The molecule has 0 aliphatic rings. The molecule has 0 saturated carbocycles. The van der Waals surface area contributed by atoms with Crippen molar-refractivity contribution in [3.63, 3.8) is 0 Å². The zero-order valence-electron chi connectivity index (χ0n) is 19.2. The number of aromatic nitrogens is 2. The van der Waals surface area contributed by atoms with Crippen molar-refractivity contribution in [1.82, 2.24) is 9.97 Å². The fourth-order valence-electron chi connectivity index (χ4n) is 3.71. The minimum Gasteiger partial charge on any atom is -0.497 e. The summed E-state index contributed by atoms with van der Waals surface area (Å²) < 4.78 is 5.18. The quantitative estimate of drug-likeness (QED) is 0.222. The van der Waals surface area contributed by atoms with Crippen molar-refractivity contribution in [2.24, 2.45) is 0 Å². The van der Waals surface area contributed by atoms with Gasteiger partial charge >= 0.3 is 6.03 Å². The van der Waals surface area contributed by atoms with E-state index in [9.17, 15) is 4.79 Å². The number of nitrogens with one attached hydrogen (secondary N) is 4. The van der Waals surface area contributed by atoms with Crippen LogP contribution in [0.5, 0.6) is 5.75 Å². The summed E-state index contributed by atoms with van der Waals surface area (Å²) in [5.74, 6) is 1.63. The van der Waals surface area contributed by atoms with Gasteiger partial charge in [0.2, 0.25) is 0 Å². The van der Waals surface area contributed by atoms with Gasteiger partial charge in [0.15, 0.2) is 0 Å². The van der Waals surface area contributed by atoms with E-state index in [0.29, 0.717) is 17.9 Å². The van der Waals surface area contributed by atoms with Crippen molar-refractivity contribution < 1.29 is 9.53 Å². The standard InChI is InChI=1S/C28H25N5O2/c1-35-24-16-6-19(7-17-24)18-29-21-12-14-23(15-13-21)31-28(34)30-22-10-8-20(9-11-22)27-32-25-4-2-3-5-26(25)33-27/h2-17,29H,18H2,1H3,(H,32,33)(H2,30,31,34). The summed E-state index contributed by atoms with van der Waals surface area (Å²) in [5.41, 5.74) is 6.38. The van der Waals surface area contributed by atoms with E-state index in [4.69, 9.17) is 4.74 Å². The highest BCUT2D eigenvalue weighted by atomic mass is 16.5. The van der Waals surface area contributed by atoms with E-state index >= 15 is 0 Å². The Kier molecular flexibility index (Phi) is 6.30. The molecule has 0 aliphatic heterocycles. The van der Waals surface area contributed by atoms with Crippen LogP contribution in [0.25, 0.3) is 22.4 Å². The Hall–Kier alpha value is -4.78. The largest absolute Gasteiger partial charge is 0.497 e. The molecule has 0 spiro atoms. The van der Waals surface area contributed by atoms with Gasteiger partial charge in [-0.05, 0) is 78.4 Å². The number of imidazole rings is 1. The number of H-pyrrole nitrogens is 1. The summed E-state index contributed by atoms with van der Waals surface area (Å²) in [6.07, 6.45) is 0. The maximum atomic E-state index is 12.4. The second kappa shape index (κ2) is 10.0. The van der Waals surface area contributed by atoms with Gasteiger partial charge in [-0.15, -0.1) is 0 Å². The van der Waals surface area contributed by atoms with Gasteiger partial charge in [-0.3, -0.25) is 0 Å². The molecule has 0 unspecified atom stereocenters. The zero-order chi connectivity index (χ0) is 24.0. The first-order chi connectivity index (χ1) is 17.2. The van der Waals surface area contributed by atoms with Crippen LogP contribution in [0.2, 0.25) is 0 Å². The highest BCUT2D eigenvalue weighted by Gasteiger charge is 2.07. The fraction of sp³-hybridized carbons (Fsp3) is 0.0714. The summed E-state index contributed by atoms with van der Waals surface area (Å²) in [6.45, 7) is 0.696. The molecule has 0 atom stereocenters. The average molecular weight is 464 g/mol. The SMILES string of the molecule is COc1ccc(CNc2ccc(NC(=O)Nc3ccc(-c4nc5ccccc5[nH]4)cc3)cc2)cc1. The van der Waals surface area contributed by atoms with Crippen LogP contribution >= 0.6 is 0 Å². The summed E-state index contributed by atoms with van der Waals surface area (Å²) in [5, 5.41) is 9.09. The van der Waals surface area contributed by atoms with E-state index in [1.807, 2.05) is 97.1 Å². The van der Waals surface area contributed by atoms with Crippen molar-refractivity contribution in [3.05, 3.63) is 103 Å². The number of aromatic amines is 1. The number of para-hydroxylation sites is 2. The number of carbonyl (C=O) groups excluding carboxylic acids is 1. The number of benzene rings is 4. The van der Waals surface area contributed by atoms with E-state index in [2.05, 4.69) is 25.9 Å². The second-order valence-corrected chi connectivity index (χ2v) is 8.04. The van der Waals surface area contributed by atoms with Crippen LogP contribution in [0.4, 0.5) is 21.9 Å². The maximum Gasteiger partial charge on any atom is 0.323 e. The number of nitrogens with zero attached hydrogens (tertiary/aromatic N) is 1. The molecular weight excluding hydrogens is 438 g/mol. The van der Waals surface area contributed by atoms with E-state index in [1.54, 1.807) is 7.11 Å². The van der Waals surface area contributed by atoms with Crippen LogP contribution in [0.15, 0.2) is 97.1 Å². The Morgan fingerprint density at radius 3 is 2.09 bits per heavy atom. The molecule has 1 heterocycles. The third-order valence-corrected chi connectivity index (χ3v) is 5.60. The molecule has 7 nitrogen and oxygen atoms in total. The molecule has 2 amide bonds. The van der Waals surface area contributed by atoms with Crippen LogP contribution < -0.4 is 20.7 Å². The fourth-order valence-corrected chi connectivity index (χ4v) is 3.71. The molecule has 174 valence electrons. The molecule has 4 aromatic carbocycles. The number of hydrogen-bond donors (Lipinski definition) is 4. The number of methoxy groups -OCH3 is 1. The summed E-state index contributed by atoms with van der Waals surface area (Å²) in [6, 6.07) is 30.7. The predicted octanol–water partition coefficient (Wildman–Crippen LogP) is 6.49. The lowest BCUT2D eigenvalue weighted by Crippen LogP contribution is -2.19. The Bertz CT molecular complexity index is 1390. The van der Waals surface area contributed by atoms with Crippen LogP contribution in [-0.2, 0) is 6.54 Å². The van der Waals surface area contributed by atoms with E-state index in [-0.39, 0.29) is 6.03 Å². The minimum atomic E-state index is -0.305. The Morgan fingerprint density at radius 2 is 1.43 bits per heavy atom. The number of fused-ring (bicyclic) bond motifs is 1. The van der Waals surface area contributed by atoms with Gasteiger partial charge in [0.05, 0.1) is 18.1 Å². The van der Waals surface area contributed by atoms with Gasteiger partial charge in [-0.2, -0.15) is 0 Å². The van der Waals surface area contributed by atoms with Gasteiger partial charge in [-0.1, -0.05) is 24.3 Å². The lowest BCUT2D eigenvalue weighted by molar-refractivity contribution is 0.262. The molecule has 4 N–H and O–H groups in total. The third kappa shape index (κ3) is 5.42. The van der Waals surface area contributed by atoms with Crippen LogP contribution in [-0.4, -0.2) is 23.1 Å². The molecule has 1 aromatic heterocycles. The number of amides is 2. The number of rotatable bonds is 7. The number of hydrogen-bond acceptors (Lipinski definition) is 4. The molecule has 0 aliphatic carbocycles. The van der Waals surface area contributed by atoms with Gasteiger partial charge in [0.1, 0.15) is 11.6 Å². The highest BCUT2D eigenvalue weighted by molar-refractivity contribution is 6.00. The van der Waals surface area contributed by atoms with Crippen molar-refractivity contribution in [1.29, 1.82) is 0 Å². The molecule has 0 radical (unpaired) electrons. The van der Waals surface area contributed by atoms with E-state index in [0.717, 1.165) is 39.4 Å². The number of urea groups is 1. The molecule has 0 bridgehead atoms. The number of anilines is 3. The van der Waals surface area contributed by atoms with Gasteiger partial charge in [0.25, 0.3) is 0 Å². The molecule has 35 heavy (non-hydrogen) atoms. The average Bonchev–Trinajstić information content (AvgIpc) is 3.33. The zero-order valence-corrected chi connectivity index (χ0v) is 19.2. The Balaban J connectivity index is 1.14. The summed E-state index contributed by atoms with van der Waals surface area (Å²) in [7, 11) is 1.66. The number of carbonyl (C=O) groups is 1. The summed E-state index contributed by atoms with van der Waals surface area (Å²) >= 11 is 0. The van der Waals surface area contributed by atoms with Crippen LogP contribution in [0.1, 0.15) is 5.56 Å². The highest BCUT2D eigenvalue weighted by Crippen LogP contribution is 2.22. The first-order valence-electron chi connectivity index (χ1n) is 11.3. The molecule has 5 rings (SSSR count). The van der Waals surface area contributed by atoms with Crippen LogP contribution in [0, 0.1) is 0 Å². The Labute approximate surface area is 203 Å². The number of ether oxygens (including phenoxy) is 1. The molecular formula is C28H25N5O2. The van der Waals surface area contributed by atoms with Crippen molar-refractivity contribution in [2.75, 3.05) is 23.1 Å². The normalized spacial score (nSPS) is 10.7. The van der Waals surface area contributed by atoms with Gasteiger partial charge in [0, 0.05) is 29.2 Å². The van der Waals surface area contributed by atoms with E-state index in [1.165, 1.54) is 0 Å². The monoisotopic (exact) mass is 463 g/mol.